The minimum Gasteiger partial charge on any atom is -0.486 e. The van der Waals surface area contributed by atoms with Gasteiger partial charge in [0.25, 0.3) is 0 Å². The molecule has 160 valence electrons. The van der Waals surface area contributed by atoms with E-state index in [1.165, 1.54) is 11.1 Å². The first-order valence-electron chi connectivity index (χ1n) is 9.80. The molecule has 0 spiro atoms. The monoisotopic (exact) mass is 569 g/mol. The van der Waals surface area contributed by atoms with Crippen molar-refractivity contribution in [2.45, 2.75) is 20.5 Å². The number of hydrogen-bond acceptors (Lipinski definition) is 3. The van der Waals surface area contributed by atoms with Crippen LogP contribution in [0.25, 0.3) is 22.7 Å². The minimum absolute atomic E-state index is 0.341. The van der Waals surface area contributed by atoms with Crippen LogP contribution in [0.3, 0.4) is 0 Å². The number of nitriles is 1. The Labute approximate surface area is 208 Å². The molecular formula is C25H18Br2ClN3O. The van der Waals surface area contributed by atoms with Crippen LogP contribution in [0.1, 0.15) is 28.1 Å². The van der Waals surface area contributed by atoms with Gasteiger partial charge < -0.3 is 9.72 Å². The van der Waals surface area contributed by atoms with Crippen LogP contribution in [0.5, 0.6) is 5.75 Å². The molecule has 0 aliphatic rings. The molecule has 0 radical (unpaired) electrons. The average Bonchev–Trinajstić information content (AvgIpc) is 3.15. The van der Waals surface area contributed by atoms with Gasteiger partial charge in [0.15, 0.2) is 0 Å². The Balaban J connectivity index is 1.63. The molecule has 4 rings (SSSR count). The predicted molar refractivity (Wildman–Crippen MR) is 137 cm³/mol. The van der Waals surface area contributed by atoms with E-state index in [1.807, 2.05) is 42.5 Å². The highest BCUT2D eigenvalue weighted by molar-refractivity contribution is 9.11. The van der Waals surface area contributed by atoms with Crippen molar-refractivity contribution in [2.75, 3.05) is 0 Å². The zero-order valence-electron chi connectivity index (χ0n) is 17.3. The predicted octanol–water partition coefficient (Wildman–Crippen LogP) is 8.00. The maximum absolute atomic E-state index is 9.77. The quantitative estimate of drug-likeness (QED) is 0.247. The van der Waals surface area contributed by atoms with Crippen molar-refractivity contribution in [2.24, 2.45) is 0 Å². The number of halogens is 3. The zero-order valence-corrected chi connectivity index (χ0v) is 21.3. The summed E-state index contributed by atoms with van der Waals surface area (Å²) in [6.45, 7) is 4.45. The average molecular weight is 572 g/mol. The first kappa shape index (κ1) is 22.6. The fourth-order valence-electron chi connectivity index (χ4n) is 3.28. The van der Waals surface area contributed by atoms with Gasteiger partial charge in [-0.1, -0.05) is 29.8 Å². The summed E-state index contributed by atoms with van der Waals surface area (Å²) in [6, 6.07) is 17.7. The maximum atomic E-state index is 9.77. The van der Waals surface area contributed by atoms with Gasteiger partial charge in [0, 0.05) is 10.6 Å². The minimum atomic E-state index is 0.341. The topological polar surface area (TPSA) is 61.7 Å². The van der Waals surface area contributed by atoms with E-state index >= 15 is 0 Å². The second-order valence-corrected chi connectivity index (χ2v) is 9.52. The lowest BCUT2D eigenvalue weighted by atomic mass is 10.1. The van der Waals surface area contributed by atoms with Gasteiger partial charge in [-0.2, -0.15) is 5.26 Å². The molecule has 1 heterocycles. The third kappa shape index (κ3) is 4.75. The Morgan fingerprint density at radius 1 is 1.12 bits per heavy atom. The third-order valence-corrected chi connectivity index (χ3v) is 6.68. The molecule has 4 aromatic rings. The lowest BCUT2D eigenvalue weighted by Gasteiger charge is -2.12. The molecule has 1 aromatic heterocycles. The van der Waals surface area contributed by atoms with E-state index in [2.05, 4.69) is 67.8 Å². The number of fused-ring (bicyclic) bond motifs is 1. The molecular weight excluding hydrogens is 554 g/mol. The van der Waals surface area contributed by atoms with E-state index in [0.717, 1.165) is 31.1 Å². The maximum Gasteiger partial charge on any atom is 0.149 e. The van der Waals surface area contributed by atoms with E-state index in [4.69, 9.17) is 16.3 Å². The highest BCUT2D eigenvalue weighted by Gasteiger charge is 2.13. The number of benzene rings is 3. The molecule has 0 fully saturated rings. The smallest absolute Gasteiger partial charge is 0.149 e. The van der Waals surface area contributed by atoms with Gasteiger partial charge in [-0.15, -0.1) is 0 Å². The summed E-state index contributed by atoms with van der Waals surface area (Å²) < 4.78 is 7.51. The van der Waals surface area contributed by atoms with Gasteiger partial charge in [-0.3, -0.25) is 0 Å². The zero-order chi connectivity index (χ0) is 22.8. The lowest BCUT2D eigenvalue weighted by Crippen LogP contribution is -1.98. The highest BCUT2D eigenvalue weighted by Crippen LogP contribution is 2.36. The molecule has 3 aromatic carbocycles. The number of aryl methyl sites for hydroxylation is 2. The number of H-pyrrole nitrogens is 1. The van der Waals surface area contributed by atoms with Crippen molar-refractivity contribution in [3.63, 3.8) is 0 Å². The van der Waals surface area contributed by atoms with Crippen molar-refractivity contribution in [1.29, 1.82) is 5.26 Å². The van der Waals surface area contributed by atoms with Crippen molar-refractivity contribution in [1.82, 2.24) is 9.97 Å². The molecule has 7 heteroatoms. The largest absolute Gasteiger partial charge is 0.486 e. The fraction of sp³-hybridized carbons (Fsp3) is 0.120. The molecule has 0 bridgehead atoms. The first-order valence-corrected chi connectivity index (χ1v) is 11.8. The van der Waals surface area contributed by atoms with Crippen LogP contribution in [0.4, 0.5) is 0 Å². The van der Waals surface area contributed by atoms with E-state index in [0.29, 0.717) is 28.8 Å². The molecule has 0 saturated carbocycles. The van der Waals surface area contributed by atoms with Crippen molar-refractivity contribution in [3.8, 4) is 11.8 Å². The SMILES string of the molecule is Cc1cc2nc(/C(C#N)=C/c3cc(Br)c(OCc4ccccc4Cl)c(Br)c3)[nH]c2cc1C. The number of aromatic nitrogens is 2. The Hall–Kier alpha value is -2.59. The Kier molecular flexibility index (Phi) is 6.71. The summed E-state index contributed by atoms with van der Waals surface area (Å²) in [4.78, 5) is 7.87. The van der Waals surface area contributed by atoms with Crippen LogP contribution < -0.4 is 4.74 Å². The van der Waals surface area contributed by atoms with E-state index in [1.54, 1.807) is 6.08 Å². The van der Waals surface area contributed by atoms with Crippen molar-refractivity contribution < 1.29 is 4.74 Å². The van der Waals surface area contributed by atoms with Gasteiger partial charge in [0.05, 0.1) is 25.6 Å². The Bertz CT molecular complexity index is 1340. The second kappa shape index (κ2) is 9.50. The number of allylic oxidation sites excluding steroid dienone is 1. The van der Waals surface area contributed by atoms with Crippen LogP contribution in [-0.2, 0) is 6.61 Å². The number of imidazole rings is 1. The number of nitrogens with zero attached hydrogens (tertiary/aromatic N) is 2. The van der Waals surface area contributed by atoms with Crippen LogP contribution >= 0.6 is 43.5 Å². The van der Waals surface area contributed by atoms with Crippen LogP contribution in [-0.4, -0.2) is 9.97 Å². The Morgan fingerprint density at radius 3 is 2.50 bits per heavy atom. The molecule has 4 nitrogen and oxygen atoms in total. The number of rotatable bonds is 5. The highest BCUT2D eigenvalue weighted by atomic mass is 79.9. The van der Waals surface area contributed by atoms with Crippen LogP contribution in [0, 0.1) is 25.2 Å². The van der Waals surface area contributed by atoms with Crippen molar-refractivity contribution in [3.05, 3.63) is 90.6 Å². The van der Waals surface area contributed by atoms with Gasteiger partial charge in [0.2, 0.25) is 0 Å². The van der Waals surface area contributed by atoms with E-state index in [9.17, 15) is 5.26 Å². The van der Waals surface area contributed by atoms with Crippen LogP contribution in [0.2, 0.25) is 5.02 Å². The van der Waals surface area contributed by atoms with Gasteiger partial charge >= 0.3 is 0 Å². The fourth-order valence-corrected chi connectivity index (χ4v) is 4.92. The summed E-state index contributed by atoms with van der Waals surface area (Å²) >= 11 is 13.4. The molecule has 32 heavy (non-hydrogen) atoms. The standard InChI is InChI=1S/C25H18Br2ClN3O/c1-14-7-22-23(8-15(14)2)31-25(30-22)18(12-29)9-16-10-19(26)24(20(27)11-16)32-13-17-5-3-4-6-21(17)28/h3-11H,13H2,1-2H3,(H,30,31)/b18-9+. The Morgan fingerprint density at radius 2 is 1.81 bits per heavy atom. The number of nitrogens with one attached hydrogen (secondary N) is 1. The molecule has 0 unspecified atom stereocenters. The number of ether oxygens (including phenoxy) is 1. The van der Waals surface area contributed by atoms with Gasteiger partial charge in [-0.05, 0) is 98.8 Å². The lowest BCUT2D eigenvalue weighted by molar-refractivity contribution is 0.302. The molecule has 0 aliphatic heterocycles. The summed E-state index contributed by atoms with van der Waals surface area (Å²) in [7, 11) is 0. The van der Waals surface area contributed by atoms with E-state index in [-0.39, 0.29) is 0 Å². The molecule has 0 saturated heterocycles. The normalized spacial score (nSPS) is 11.6. The van der Waals surface area contributed by atoms with E-state index < -0.39 is 0 Å². The van der Waals surface area contributed by atoms with Crippen LogP contribution in [0.15, 0.2) is 57.5 Å². The summed E-state index contributed by atoms with van der Waals surface area (Å²) in [6.07, 6.45) is 1.80. The molecule has 0 aliphatic carbocycles. The number of aromatic amines is 1. The summed E-state index contributed by atoms with van der Waals surface area (Å²) in [5.74, 6) is 1.20. The third-order valence-electron chi connectivity index (χ3n) is 5.13. The molecule has 1 N–H and O–H groups in total. The van der Waals surface area contributed by atoms with Crippen molar-refractivity contribution >= 4 is 66.1 Å². The van der Waals surface area contributed by atoms with Gasteiger partial charge in [0.1, 0.15) is 24.3 Å². The molecule has 0 amide bonds. The summed E-state index contributed by atoms with van der Waals surface area (Å²) in [5, 5.41) is 10.4. The molecule has 0 atom stereocenters. The second-order valence-electron chi connectivity index (χ2n) is 7.40. The summed E-state index contributed by atoms with van der Waals surface area (Å²) in [5.41, 5.74) is 6.27. The number of hydrogen-bond donors (Lipinski definition) is 1. The van der Waals surface area contributed by atoms with Gasteiger partial charge in [-0.25, -0.2) is 4.98 Å². The first-order chi connectivity index (χ1) is 15.4.